The second-order valence-corrected chi connectivity index (χ2v) is 3.53. The molecule has 17 heavy (non-hydrogen) atoms. The van der Waals surface area contributed by atoms with Gasteiger partial charge in [-0.2, -0.15) is 0 Å². The lowest BCUT2D eigenvalue weighted by Crippen LogP contribution is -2.33. The number of hydrogen-bond acceptors (Lipinski definition) is 3. The summed E-state index contributed by atoms with van der Waals surface area (Å²) in [6, 6.07) is 10.0. The second-order valence-electron chi connectivity index (χ2n) is 3.53. The topological polar surface area (TPSA) is 53.2 Å². The fourth-order valence-electron chi connectivity index (χ4n) is 1.33. The Kier molecular flexibility index (Phi) is 9.19. The van der Waals surface area contributed by atoms with Gasteiger partial charge >= 0.3 is 0 Å². The maximum atomic E-state index is 11.1. The molecule has 4 nitrogen and oxygen atoms in total. The smallest absolute Gasteiger partial charge is 0.233 e. The molecule has 0 bridgehead atoms. The molecule has 0 unspecified atom stereocenters. The van der Waals surface area contributed by atoms with Gasteiger partial charge in [0, 0.05) is 18.8 Å². The van der Waals surface area contributed by atoms with Crippen LogP contribution in [0.1, 0.15) is 6.42 Å². The highest BCUT2D eigenvalue weighted by Gasteiger charge is 1.96. The monoisotopic (exact) mass is 257 g/mol. The second kappa shape index (κ2) is 9.93. The molecule has 1 amide bonds. The number of halogens is 1. The Morgan fingerprint density at radius 2 is 1.88 bits per heavy atom. The molecule has 0 saturated carbocycles. The molecule has 0 saturated heterocycles. The Hall–Kier alpha value is -1.26. The van der Waals surface area contributed by atoms with E-state index in [1.54, 1.807) is 7.05 Å². The third-order valence-corrected chi connectivity index (χ3v) is 2.12. The summed E-state index contributed by atoms with van der Waals surface area (Å²) in [6.07, 6.45) is 0.921. The Bertz CT molecular complexity index is 306. The minimum Gasteiger partial charge on any atom is -0.385 e. The normalized spacial score (nSPS) is 9.24. The van der Waals surface area contributed by atoms with Crippen molar-refractivity contribution in [3.05, 3.63) is 30.3 Å². The van der Waals surface area contributed by atoms with Crippen molar-refractivity contribution < 1.29 is 4.79 Å². The van der Waals surface area contributed by atoms with E-state index in [1.165, 1.54) is 0 Å². The highest BCUT2D eigenvalue weighted by molar-refractivity contribution is 5.85. The zero-order valence-electron chi connectivity index (χ0n) is 10.0. The van der Waals surface area contributed by atoms with Crippen molar-refractivity contribution >= 4 is 24.0 Å². The van der Waals surface area contributed by atoms with Crippen LogP contribution in [0.5, 0.6) is 0 Å². The van der Waals surface area contributed by atoms with Gasteiger partial charge in [0.25, 0.3) is 0 Å². The lowest BCUT2D eigenvalue weighted by molar-refractivity contribution is -0.120. The fraction of sp³-hybridized carbons (Fsp3) is 0.417. The van der Waals surface area contributed by atoms with Gasteiger partial charge in [-0.25, -0.2) is 0 Å². The average Bonchev–Trinajstić information content (AvgIpc) is 2.30. The van der Waals surface area contributed by atoms with Gasteiger partial charge in [0.1, 0.15) is 0 Å². The summed E-state index contributed by atoms with van der Waals surface area (Å²) in [5.74, 6) is 0.0437. The number of benzene rings is 1. The Balaban J connectivity index is 0.00000256. The summed E-state index contributed by atoms with van der Waals surface area (Å²) in [4.78, 5) is 11.1. The summed E-state index contributed by atoms with van der Waals surface area (Å²) in [6.45, 7) is 1.95. The summed E-state index contributed by atoms with van der Waals surface area (Å²) in [7, 11) is 1.76. The van der Waals surface area contributed by atoms with Gasteiger partial charge in [-0.3, -0.25) is 4.79 Å². The highest BCUT2D eigenvalue weighted by atomic mass is 35.5. The Morgan fingerprint density at radius 1 is 1.18 bits per heavy atom. The first kappa shape index (κ1) is 15.7. The van der Waals surface area contributed by atoms with Crippen molar-refractivity contribution in [2.75, 3.05) is 32.0 Å². The van der Waals surface area contributed by atoms with Crippen LogP contribution in [-0.4, -0.2) is 32.6 Å². The first-order chi connectivity index (χ1) is 7.83. The van der Waals surface area contributed by atoms with Crippen molar-refractivity contribution in [2.45, 2.75) is 6.42 Å². The molecule has 96 valence electrons. The molecule has 0 fully saturated rings. The third kappa shape index (κ3) is 7.60. The van der Waals surface area contributed by atoms with Crippen LogP contribution in [0.25, 0.3) is 0 Å². The molecule has 0 heterocycles. The van der Waals surface area contributed by atoms with E-state index >= 15 is 0 Å². The quantitative estimate of drug-likeness (QED) is 0.645. The van der Waals surface area contributed by atoms with Crippen LogP contribution in [0, 0.1) is 0 Å². The maximum absolute atomic E-state index is 11.1. The molecule has 0 spiro atoms. The standard InChI is InChI=1S/C12H19N3O.ClH/c1-13-10-12(16)15-9-5-8-14-11-6-3-2-4-7-11;/h2-4,6-7,13-14H,5,8-10H2,1H3,(H,15,16);1H. The van der Waals surface area contributed by atoms with Gasteiger partial charge in [0.05, 0.1) is 6.54 Å². The lowest BCUT2D eigenvalue weighted by Gasteiger charge is -2.07. The van der Waals surface area contributed by atoms with E-state index in [0.717, 1.165) is 18.7 Å². The van der Waals surface area contributed by atoms with Crippen LogP contribution in [0.15, 0.2) is 30.3 Å². The maximum Gasteiger partial charge on any atom is 0.233 e. The van der Waals surface area contributed by atoms with E-state index in [0.29, 0.717) is 13.1 Å². The first-order valence-corrected chi connectivity index (χ1v) is 5.53. The van der Waals surface area contributed by atoms with Gasteiger partial charge in [-0.1, -0.05) is 18.2 Å². The molecule has 3 N–H and O–H groups in total. The van der Waals surface area contributed by atoms with Gasteiger partial charge in [-0.15, -0.1) is 12.4 Å². The lowest BCUT2D eigenvalue weighted by atomic mass is 10.3. The van der Waals surface area contributed by atoms with E-state index in [2.05, 4.69) is 16.0 Å². The zero-order valence-corrected chi connectivity index (χ0v) is 10.8. The average molecular weight is 258 g/mol. The van der Waals surface area contributed by atoms with Gasteiger partial charge < -0.3 is 16.0 Å². The predicted octanol–water partition coefficient (Wildman–Crippen LogP) is 1.25. The molecule has 0 atom stereocenters. The van der Waals surface area contributed by atoms with Gasteiger partial charge in [-0.05, 0) is 25.6 Å². The van der Waals surface area contributed by atoms with Crippen molar-refractivity contribution in [3.63, 3.8) is 0 Å². The van der Waals surface area contributed by atoms with Crippen molar-refractivity contribution in [1.29, 1.82) is 0 Å². The van der Waals surface area contributed by atoms with Crippen LogP contribution in [0.4, 0.5) is 5.69 Å². The number of amides is 1. The first-order valence-electron chi connectivity index (χ1n) is 5.53. The summed E-state index contributed by atoms with van der Waals surface area (Å²) in [5, 5.41) is 8.92. The molecular formula is C12H20ClN3O. The summed E-state index contributed by atoms with van der Waals surface area (Å²) in [5.41, 5.74) is 1.11. The highest BCUT2D eigenvalue weighted by Crippen LogP contribution is 2.03. The van der Waals surface area contributed by atoms with Crippen LogP contribution >= 0.6 is 12.4 Å². The van der Waals surface area contributed by atoms with Crippen LogP contribution in [0.2, 0.25) is 0 Å². The number of carbonyl (C=O) groups excluding carboxylic acids is 1. The molecule has 1 aromatic carbocycles. The van der Waals surface area contributed by atoms with Crippen LogP contribution in [0.3, 0.4) is 0 Å². The molecule has 0 aliphatic rings. The summed E-state index contributed by atoms with van der Waals surface area (Å²) < 4.78 is 0. The largest absolute Gasteiger partial charge is 0.385 e. The van der Waals surface area contributed by atoms with Gasteiger partial charge in [0.2, 0.25) is 5.91 Å². The Morgan fingerprint density at radius 3 is 2.53 bits per heavy atom. The van der Waals surface area contributed by atoms with E-state index in [4.69, 9.17) is 0 Å². The number of anilines is 1. The number of likely N-dealkylation sites (N-methyl/N-ethyl adjacent to an activating group) is 1. The minimum absolute atomic E-state index is 0. The van der Waals surface area contributed by atoms with Gasteiger partial charge in [0.15, 0.2) is 0 Å². The molecule has 0 aliphatic carbocycles. The SMILES string of the molecule is CNCC(=O)NCCCNc1ccccc1.Cl. The molecular weight excluding hydrogens is 238 g/mol. The molecule has 0 aromatic heterocycles. The number of rotatable bonds is 7. The third-order valence-electron chi connectivity index (χ3n) is 2.12. The molecule has 1 aromatic rings. The molecule has 1 rings (SSSR count). The number of carbonyl (C=O) groups is 1. The predicted molar refractivity (Wildman–Crippen MR) is 73.7 cm³/mol. The van der Waals surface area contributed by atoms with Crippen molar-refractivity contribution in [1.82, 2.24) is 10.6 Å². The van der Waals surface area contributed by atoms with E-state index in [1.807, 2.05) is 30.3 Å². The fourth-order valence-corrected chi connectivity index (χ4v) is 1.33. The number of para-hydroxylation sites is 1. The van der Waals surface area contributed by atoms with E-state index in [9.17, 15) is 4.79 Å². The van der Waals surface area contributed by atoms with E-state index in [-0.39, 0.29) is 18.3 Å². The van der Waals surface area contributed by atoms with Crippen molar-refractivity contribution in [3.8, 4) is 0 Å². The van der Waals surface area contributed by atoms with E-state index < -0.39 is 0 Å². The number of hydrogen-bond donors (Lipinski definition) is 3. The Labute approximate surface area is 109 Å². The molecule has 5 heteroatoms. The number of nitrogens with one attached hydrogen (secondary N) is 3. The molecule has 0 aliphatic heterocycles. The zero-order chi connectivity index (χ0) is 11.6. The van der Waals surface area contributed by atoms with Crippen LogP contribution < -0.4 is 16.0 Å². The van der Waals surface area contributed by atoms with Crippen LogP contribution in [-0.2, 0) is 4.79 Å². The van der Waals surface area contributed by atoms with Crippen molar-refractivity contribution in [2.24, 2.45) is 0 Å². The summed E-state index contributed by atoms with van der Waals surface area (Å²) >= 11 is 0. The molecule has 0 radical (unpaired) electrons. The minimum atomic E-state index is 0.